The van der Waals surface area contributed by atoms with Crippen LogP contribution < -0.4 is 5.32 Å². The number of oxazole rings is 1. The van der Waals surface area contributed by atoms with E-state index >= 15 is 0 Å². The van der Waals surface area contributed by atoms with Gasteiger partial charge in [-0.2, -0.15) is 15.2 Å². The Hall–Kier alpha value is -2.96. The number of aromatic nitrogens is 3. The van der Waals surface area contributed by atoms with Crippen molar-refractivity contribution < 1.29 is 14.3 Å². The topological polar surface area (TPSA) is 101 Å². The molecule has 100 valence electrons. The lowest BCUT2D eigenvalue weighted by Crippen LogP contribution is -2.02. The number of carbonyl (C=O) groups is 1. The van der Waals surface area contributed by atoms with Gasteiger partial charge < -0.3 is 14.8 Å². The average Bonchev–Trinajstić information content (AvgIpc) is 2.88. The highest BCUT2D eigenvalue weighted by atomic mass is 16.4. The van der Waals surface area contributed by atoms with Crippen LogP contribution in [0, 0.1) is 0 Å². The van der Waals surface area contributed by atoms with Gasteiger partial charge in [0.25, 0.3) is 6.01 Å². The molecule has 0 radical (unpaired) electrons. The van der Waals surface area contributed by atoms with Gasteiger partial charge in [-0.3, -0.25) is 0 Å². The van der Waals surface area contributed by atoms with Gasteiger partial charge in [-0.05, 0) is 30.3 Å². The van der Waals surface area contributed by atoms with Crippen LogP contribution in [-0.4, -0.2) is 26.3 Å². The number of nitrogens with zero attached hydrogens (tertiary/aromatic N) is 3. The second-order valence-corrected chi connectivity index (χ2v) is 4.08. The molecule has 0 amide bonds. The molecule has 0 saturated carbocycles. The van der Waals surface area contributed by atoms with Gasteiger partial charge in [0.05, 0.1) is 17.8 Å². The van der Waals surface area contributed by atoms with Gasteiger partial charge in [0, 0.05) is 6.20 Å². The van der Waals surface area contributed by atoms with Crippen LogP contribution in [0.25, 0.3) is 11.1 Å². The number of fused-ring (bicyclic) bond motifs is 1. The molecule has 2 N–H and O–H groups in total. The van der Waals surface area contributed by atoms with Crippen molar-refractivity contribution in [3.05, 3.63) is 47.8 Å². The van der Waals surface area contributed by atoms with Crippen LogP contribution in [0.4, 0.5) is 6.01 Å². The molecule has 0 spiro atoms. The van der Waals surface area contributed by atoms with Gasteiger partial charge in [-0.1, -0.05) is 0 Å². The Labute approximate surface area is 113 Å². The number of carboxylic acid groups (broad SMARTS) is 1. The Kier molecular flexibility index (Phi) is 3.00. The standard InChI is InChI=1S/C13H10N4O3/c18-12(19)8-3-4-10-11(6-8)20-13(16-10)14-7-9-2-1-5-15-17-9/h1-6H,7H2,(H,14,16)(H,18,19). The molecule has 0 aliphatic carbocycles. The maximum absolute atomic E-state index is 10.9. The fourth-order valence-corrected chi connectivity index (χ4v) is 1.73. The SMILES string of the molecule is O=C(O)c1ccc2nc(NCc3cccnn3)oc2c1. The minimum Gasteiger partial charge on any atom is -0.478 e. The molecule has 20 heavy (non-hydrogen) atoms. The fraction of sp³-hybridized carbons (Fsp3) is 0.0769. The predicted molar refractivity (Wildman–Crippen MR) is 70.3 cm³/mol. The summed E-state index contributed by atoms with van der Waals surface area (Å²) < 4.78 is 5.45. The molecule has 3 aromatic rings. The van der Waals surface area contributed by atoms with Gasteiger partial charge in [0.15, 0.2) is 5.58 Å². The third kappa shape index (κ3) is 2.41. The highest BCUT2D eigenvalue weighted by Crippen LogP contribution is 2.20. The molecular formula is C13H10N4O3. The first-order valence-electron chi connectivity index (χ1n) is 5.87. The van der Waals surface area contributed by atoms with E-state index in [1.807, 2.05) is 6.07 Å². The van der Waals surface area contributed by atoms with Gasteiger partial charge >= 0.3 is 5.97 Å². The van der Waals surface area contributed by atoms with Crippen LogP contribution in [0.2, 0.25) is 0 Å². The van der Waals surface area contributed by atoms with Crippen molar-refractivity contribution in [1.29, 1.82) is 0 Å². The minimum absolute atomic E-state index is 0.161. The van der Waals surface area contributed by atoms with Crippen molar-refractivity contribution >= 4 is 23.1 Å². The van der Waals surface area contributed by atoms with Gasteiger partial charge in [0.2, 0.25) is 0 Å². The van der Waals surface area contributed by atoms with Crippen LogP contribution in [0.15, 0.2) is 40.9 Å². The number of hydrogen-bond donors (Lipinski definition) is 2. The summed E-state index contributed by atoms with van der Waals surface area (Å²) in [7, 11) is 0. The van der Waals surface area contributed by atoms with Crippen molar-refractivity contribution in [3.8, 4) is 0 Å². The summed E-state index contributed by atoms with van der Waals surface area (Å²) in [6.45, 7) is 0.423. The van der Waals surface area contributed by atoms with Crippen LogP contribution in [0.3, 0.4) is 0 Å². The van der Waals surface area contributed by atoms with Gasteiger partial charge in [-0.15, -0.1) is 0 Å². The van der Waals surface area contributed by atoms with E-state index < -0.39 is 5.97 Å². The van der Waals surface area contributed by atoms with Crippen LogP contribution in [0.1, 0.15) is 16.1 Å². The molecule has 0 atom stereocenters. The summed E-state index contributed by atoms with van der Waals surface area (Å²) in [5, 5.41) is 19.6. The third-order valence-electron chi connectivity index (χ3n) is 2.68. The highest BCUT2D eigenvalue weighted by Gasteiger charge is 2.09. The Bertz CT molecular complexity index is 755. The molecular weight excluding hydrogens is 260 g/mol. The maximum atomic E-state index is 10.9. The monoisotopic (exact) mass is 270 g/mol. The fourth-order valence-electron chi connectivity index (χ4n) is 1.73. The summed E-state index contributed by atoms with van der Waals surface area (Å²) in [5.74, 6) is -1.00. The largest absolute Gasteiger partial charge is 0.478 e. The van der Waals surface area contributed by atoms with Crippen molar-refractivity contribution in [1.82, 2.24) is 15.2 Å². The summed E-state index contributed by atoms with van der Waals surface area (Å²) in [4.78, 5) is 15.1. The van der Waals surface area contributed by atoms with Gasteiger partial charge in [0.1, 0.15) is 5.52 Å². The van der Waals surface area contributed by atoms with Crippen molar-refractivity contribution in [3.63, 3.8) is 0 Å². The van der Waals surface area contributed by atoms with E-state index in [1.165, 1.54) is 12.1 Å². The van der Waals surface area contributed by atoms with E-state index in [2.05, 4.69) is 20.5 Å². The van der Waals surface area contributed by atoms with Crippen LogP contribution in [0.5, 0.6) is 0 Å². The van der Waals surface area contributed by atoms with Crippen LogP contribution in [-0.2, 0) is 6.54 Å². The Balaban J connectivity index is 1.80. The number of hydrogen-bond acceptors (Lipinski definition) is 6. The number of carboxylic acids is 1. The second-order valence-electron chi connectivity index (χ2n) is 4.08. The molecule has 7 nitrogen and oxygen atoms in total. The molecule has 2 aromatic heterocycles. The zero-order valence-corrected chi connectivity index (χ0v) is 10.3. The Morgan fingerprint density at radius 3 is 3.00 bits per heavy atom. The van der Waals surface area contributed by atoms with Crippen molar-refractivity contribution in [2.45, 2.75) is 6.54 Å². The van der Waals surface area contributed by atoms with E-state index in [0.717, 1.165) is 5.69 Å². The molecule has 3 rings (SSSR count). The van der Waals surface area contributed by atoms with E-state index in [1.54, 1.807) is 18.3 Å². The number of nitrogens with one attached hydrogen (secondary N) is 1. The molecule has 7 heteroatoms. The average molecular weight is 270 g/mol. The van der Waals surface area contributed by atoms with E-state index in [-0.39, 0.29) is 5.56 Å². The summed E-state index contributed by atoms with van der Waals surface area (Å²) in [5.41, 5.74) is 1.93. The Morgan fingerprint density at radius 2 is 2.25 bits per heavy atom. The molecule has 0 aliphatic heterocycles. The molecule has 0 saturated heterocycles. The normalized spacial score (nSPS) is 10.6. The van der Waals surface area contributed by atoms with Crippen molar-refractivity contribution in [2.75, 3.05) is 5.32 Å². The molecule has 0 bridgehead atoms. The Morgan fingerprint density at radius 1 is 1.35 bits per heavy atom. The van der Waals surface area contributed by atoms with Crippen molar-refractivity contribution in [2.24, 2.45) is 0 Å². The zero-order valence-electron chi connectivity index (χ0n) is 10.3. The van der Waals surface area contributed by atoms with E-state index in [0.29, 0.717) is 23.7 Å². The molecule has 0 unspecified atom stereocenters. The molecule has 0 aliphatic rings. The van der Waals surface area contributed by atoms with E-state index in [4.69, 9.17) is 9.52 Å². The quantitative estimate of drug-likeness (QED) is 0.746. The number of rotatable bonds is 4. The first-order chi connectivity index (χ1) is 9.72. The number of benzene rings is 1. The third-order valence-corrected chi connectivity index (χ3v) is 2.68. The molecule has 1 aromatic carbocycles. The van der Waals surface area contributed by atoms with Crippen LogP contribution >= 0.6 is 0 Å². The summed E-state index contributed by atoms with van der Waals surface area (Å²) >= 11 is 0. The summed E-state index contributed by atoms with van der Waals surface area (Å²) in [6.07, 6.45) is 1.59. The van der Waals surface area contributed by atoms with Gasteiger partial charge in [-0.25, -0.2) is 4.79 Å². The predicted octanol–water partition coefficient (Wildman–Crippen LogP) is 1.93. The highest BCUT2D eigenvalue weighted by molar-refractivity contribution is 5.92. The number of aromatic carboxylic acids is 1. The molecule has 0 fully saturated rings. The van der Waals surface area contributed by atoms with E-state index in [9.17, 15) is 4.79 Å². The second kappa shape index (κ2) is 4.96. The summed E-state index contributed by atoms with van der Waals surface area (Å²) in [6, 6.07) is 8.46. The lowest BCUT2D eigenvalue weighted by Gasteiger charge is -1.98. The first kappa shape index (κ1) is 12.1. The lowest BCUT2D eigenvalue weighted by molar-refractivity contribution is 0.0697. The maximum Gasteiger partial charge on any atom is 0.335 e. The zero-order chi connectivity index (χ0) is 13.9. The lowest BCUT2D eigenvalue weighted by atomic mass is 10.2. The minimum atomic E-state index is -1.00. The number of anilines is 1. The smallest absolute Gasteiger partial charge is 0.335 e. The molecule has 2 heterocycles. The first-order valence-corrected chi connectivity index (χ1v) is 5.87.